The Morgan fingerprint density at radius 2 is 1.89 bits per heavy atom. The van der Waals surface area contributed by atoms with Gasteiger partial charge in [-0.25, -0.2) is 8.42 Å². The number of nitrogens with one attached hydrogen (secondary N) is 1. The van der Waals surface area contributed by atoms with Crippen LogP contribution in [0.4, 0.5) is 0 Å². The summed E-state index contributed by atoms with van der Waals surface area (Å²) in [5.74, 6) is 0.232. The van der Waals surface area contributed by atoms with E-state index >= 15 is 0 Å². The van der Waals surface area contributed by atoms with Gasteiger partial charge in [0.25, 0.3) is 0 Å². The average molecular weight is 278 g/mol. The maximum Gasteiger partial charge on any atom is 0.148 e. The summed E-state index contributed by atoms with van der Waals surface area (Å²) in [6.45, 7) is 11.3. The molecule has 18 heavy (non-hydrogen) atoms. The van der Waals surface area contributed by atoms with Crippen molar-refractivity contribution in [3.63, 3.8) is 0 Å². The van der Waals surface area contributed by atoms with E-state index in [4.69, 9.17) is 0 Å². The van der Waals surface area contributed by atoms with Crippen LogP contribution in [0.2, 0.25) is 0 Å². The second-order valence-electron chi connectivity index (χ2n) is 6.03. The summed E-state index contributed by atoms with van der Waals surface area (Å²) in [5, 5.41) is 3.51. The van der Waals surface area contributed by atoms with Crippen molar-refractivity contribution in [2.45, 2.75) is 40.2 Å². The van der Waals surface area contributed by atoms with Gasteiger partial charge in [0.15, 0.2) is 0 Å². The second kappa shape index (κ2) is 7.46. The third-order valence-electron chi connectivity index (χ3n) is 3.39. The molecule has 5 heteroatoms. The maximum atomic E-state index is 11.1. The van der Waals surface area contributed by atoms with Crippen LogP contribution in [0.25, 0.3) is 0 Å². The Kier molecular flexibility index (Phi) is 7.40. The molecule has 1 unspecified atom stereocenters. The number of sulfone groups is 1. The summed E-state index contributed by atoms with van der Waals surface area (Å²) in [7, 11) is -0.881. The van der Waals surface area contributed by atoms with Gasteiger partial charge in [0.2, 0.25) is 0 Å². The van der Waals surface area contributed by atoms with E-state index in [9.17, 15) is 8.42 Å². The molecule has 0 spiro atoms. The lowest BCUT2D eigenvalue weighted by molar-refractivity contribution is 0.170. The van der Waals surface area contributed by atoms with Gasteiger partial charge < -0.3 is 10.2 Å². The Balaban J connectivity index is 4.21. The Morgan fingerprint density at radius 3 is 2.33 bits per heavy atom. The SMILES string of the molecule is CCCNC(C)C(C)(C)CN(C)CCS(C)(=O)=O. The van der Waals surface area contributed by atoms with E-state index < -0.39 is 9.84 Å². The van der Waals surface area contributed by atoms with Crippen LogP contribution in [0.15, 0.2) is 0 Å². The third kappa shape index (κ3) is 8.06. The van der Waals surface area contributed by atoms with Gasteiger partial charge in [-0.15, -0.1) is 0 Å². The zero-order chi connectivity index (χ0) is 14.4. The van der Waals surface area contributed by atoms with E-state index in [-0.39, 0.29) is 11.2 Å². The molecular weight excluding hydrogens is 248 g/mol. The van der Waals surface area contributed by atoms with Crippen molar-refractivity contribution in [3.8, 4) is 0 Å². The number of nitrogens with zero attached hydrogens (tertiary/aromatic N) is 1. The standard InChI is InChI=1S/C13H30N2O2S/c1-7-8-14-12(2)13(3,4)11-15(5)9-10-18(6,16)17/h12,14H,7-11H2,1-6H3. The summed E-state index contributed by atoms with van der Waals surface area (Å²) in [6.07, 6.45) is 2.42. The van der Waals surface area contributed by atoms with Crippen molar-refractivity contribution in [2.75, 3.05) is 38.7 Å². The van der Waals surface area contributed by atoms with Gasteiger partial charge in [-0.05, 0) is 32.4 Å². The molecule has 0 bridgehead atoms. The van der Waals surface area contributed by atoms with Crippen LogP contribution in [0.1, 0.15) is 34.1 Å². The average Bonchev–Trinajstić information content (AvgIpc) is 2.21. The van der Waals surface area contributed by atoms with Crippen LogP contribution in [-0.4, -0.2) is 58.1 Å². The Labute approximate surface area is 113 Å². The highest BCUT2D eigenvalue weighted by atomic mass is 32.2. The maximum absolute atomic E-state index is 11.1. The molecule has 0 aromatic rings. The Bertz CT molecular complexity index is 326. The second-order valence-corrected chi connectivity index (χ2v) is 8.29. The van der Waals surface area contributed by atoms with Crippen molar-refractivity contribution in [2.24, 2.45) is 5.41 Å². The van der Waals surface area contributed by atoms with Gasteiger partial charge in [-0.1, -0.05) is 20.8 Å². The minimum Gasteiger partial charge on any atom is -0.314 e. The lowest BCUT2D eigenvalue weighted by Crippen LogP contribution is -2.46. The molecule has 1 atom stereocenters. The molecule has 0 aliphatic carbocycles. The fourth-order valence-corrected chi connectivity index (χ4v) is 2.51. The molecular formula is C13H30N2O2S. The summed E-state index contributed by atoms with van der Waals surface area (Å²) in [6, 6.07) is 0.415. The predicted octanol–water partition coefficient (Wildman–Crippen LogP) is 1.38. The van der Waals surface area contributed by atoms with Gasteiger partial charge in [-0.2, -0.15) is 0 Å². The molecule has 0 radical (unpaired) electrons. The van der Waals surface area contributed by atoms with Crippen molar-refractivity contribution in [1.82, 2.24) is 10.2 Å². The molecule has 0 heterocycles. The monoisotopic (exact) mass is 278 g/mol. The highest BCUT2D eigenvalue weighted by molar-refractivity contribution is 7.90. The largest absolute Gasteiger partial charge is 0.314 e. The van der Waals surface area contributed by atoms with E-state index in [1.807, 2.05) is 7.05 Å². The van der Waals surface area contributed by atoms with E-state index in [0.29, 0.717) is 12.6 Å². The normalized spacial score (nSPS) is 15.1. The molecule has 110 valence electrons. The molecule has 0 saturated heterocycles. The molecule has 0 aliphatic heterocycles. The van der Waals surface area contributed by atoms with Gasteiger partial charge in [0.05, 0.1) is 5.75 Å². The van der Waals surface area contributed by atoms with Crippen LogP contribution in [-0.2, 0) is 9.84 Å². The lowest BCUT2D eigenvalue weighted by atomic mass is 9.85. The zero-order valence-corrected chi connectivity index (χ0v) is 13.6. The van der Waals surface area contributed by atoms with E-state index in [1.54, 1.807) is 0 Å². The van der Waals surface area contributed by atoms with Crippen LogP contribution >= 0.6 is 0 Å². The molecule has 0 aromatic carbocycles. The first-order valence-corrected chi connectivity index (χ1v) is 8.74. The lowest BCUT2D eigenvalue weighted by Gasteiger charge is -2.36. The summed E-state index contributed by atoms with van der Waals surface area (Å²) in [4.78, 5) is 2.10. The quantitative estimate of drug-likeness (QED) is 0.692. The molecule has 0 saturated carbocycles. The Hall–Kier alpha value is -0.130. The highest BCUT2D eigenvalue weighted by Crippen LogP contribution is 2.21. The fraction of sp³-hybridized carbons (Fsp3) is 1.00. The van der Waals surface area contributed by atoms with Crippen molar-refractivity contribution < 1.29 is 8.42 Å². The van der Waals surface area contributed by atoms with Crippen LogP contribution < -0.4 is 5.32 Å². The van der Waals surface area contributed by atoms with Crippen LogP contribution in [0.5, 0.6) is 0 Å². The summed E-state index contributed by atoms with van der Waals surface area (Å²) >= 11 is 0. The molecule has 0 aromatic heterocycles. The minimum atomic E-state index is -2.87. The van der Waals surface area contributed by atoms with Crippen molar-refractivity contribution in [3.05, 3.63) is 0 Å². The molecule has 0 rings (SSSR count). The first-order valence-electron chi connectivity index (χ1n) is 6.68. The van der Waals surface area contributed by atoms with E-state index in [0.717, 1.165) is 19.5 Å². The van der Waals surface area contributed by atoms with E-state index in [1.165, 1.54) is 6.26 Å². The molecule has 0 amide bonds. The van der Waals surface area contributed by atoms with Crippen molar-refractivity contribution in [1.29, 1.82) is 0 Å². The molecule has 0 fully saturated rings. The van der Waals surface area contributed by atoms with Crippen LogP contribution in [0.3, 0.4) is 0 Å². The zero-order valence-electron chi connectivity index (χ0n) is 12.8. The topological polar surface area (TPSA) is 49.4 Å². The first-order chi connectivity index (χ1) is 8.08. The van der Waals surface area contributed by atoms with Crippen molar-refractivity contribution >= 4 is 9.84 Å². The third-order valence-corrected chi connectivity index (χ3v) is 4.32. The van der Waals surface area contributed by atoms with Gasteiger partial charge in [0, 0.05) is 25.4 Å². The fourth-order valence-electron chi connectivity index (χ4n) is 1.87. The number of rotatable bonds is 9. The van der Waals surface area contributed by atoms with Gasteiger partial charge in [-0.3, -0.25) is 0 Å². The Morgan fingerprint density at radius 1 is 1.33 bits per heavy atom. The predicted molar refractivity (Wildman–Crippen MR) is 78.7 cm³/mol. The smallest absolute Gasteiger partial charge is 0.148 e. The first kappa shape index (κ1) is 17.9. The number of hydrogen-bond acceptors (Lipinski definition) is 4. The minimum absolute atomic E-state index is 0.126. The molecule has 0 aliphatic rings. The summed E-state index contributed by atoms with van der Waals surface area (Å²) in [5.41, 5.74) is 0.126. The van der Waals surface area contributed by atoms with Gasteiger partial charge in [0.1, 0.15) is 9.84 Å². The molecule has 1 N–H and O–H groups in total. The number of hydrogen-bond donors (Lipinski definition) is 1. The highest BCUT2D eigenvalue weighted by Gasteiger charge is 2.26. The molecule has 4 nitrogen and oxygen atoms in total. The van der Waals surface area contributed by atoms with Gasteiger partial charge >= 0.3 is 0 Å². The summed E-state index contributed by atoms with van der Waals surface area (Å²) < 4.78 is 22.3. The van der Waals surface area contributed by atoms with Crippen LogP contribution in [0, 0.1) is 5.41 Å². The van der Waals surface area contributed by atoms with E-state index in [2.05, 4.69) is 37.9 Å².